The van der Waals surface area contributed by atoms with Gasteiger partial charge in [0.2, 0.25) is 0 Å². The molecule has 18 heavy (non-hydrogen) atoms. The van der Waals surface area contributed by atoms with E-state index in [0.717, 1.165) is 24.1 Å². The molecule has 0 spiro atoms. The number of nitrogens with one attached hydrogen (secondary N) is 1. The summed E-state index contributed by atoms with van der Waals surface area (Å²) in [5.41, 5.74) is 1.47. The Balaban J connectivity index is 1.94. The van der Waals surface area contributed by atoms with Crippen molar-refractivity contribution in [3.8, 4) is 11.3 Å². The van der Waals surface area contributed by atoms with Gasteiger partial charge in [-0.2, -0.15) is 0 Å². The van der Waals surface area contributed by atoms with Gasteiger partial charge >= 0.3 is 5.97 Å². The lowest BCUT2D eigenvalue weighted by Gasteiger charge is -2.08. The average Bonchev–Trinajstić information content (AvgIpc) is 3.09. The molecule has 4 nitrogen and oxygen atoms in total. The van der Waals surface area contributed by atoms with Crippen molar-refractivity contribution in [2.45, 2.75) is 18.3 Å². The lowest BCUT2D eigenvalue weighted by atomic mass is 10.1. The van der Waals surface area contributed by atoms with E-state index in [1.807, 2.05) is 30.3 Å². The zero-order chi connectivity index (χ0) is 12.6. The molecule has 0 atom stereocenters. The summed E-state index contributed by atoms with van der Waals surface area (Å²) in [4.78, 5) is 19.3. The lowest BCUT2D eigenvalue weighted by molar-refractivity contribution is -0.143. The molecule has 2 aromatic rings. The Bertz CT molecular complexity index is 570. The van der Waals surface area contributed by atoms with Crippen molar-refractivity contribution in [1.29, 1.82) is 0 Å². The number of esters is 1. The van der Waals surface area contributed by atoms with Crippen molar-refractivity contribution < 1.29 is 9.53 Å². The standard InChI is InChI=1S/C14H14N2O2/c1-18-13(17)14(7-8-14)12-15-9-11(16-12)10-5-3-2-4-6-10/h2-6,9H,7-8H2,1H3,(H,15,16). The number of ether oxygens (including phenoxy) is 1. The Hall–Kier alpha value is -2.10. The first kappa shape index (κ1) is 11.0. The molecule has 1 aliphatic carbocycles. The van der Waals surface area contributed by atoms with E-state index in [0.29, 0.717) is 5.82 Å². The molecule has 3 rings (SSSR count). The smallest absolute Gasteiger partial charge is 0.319 e. The van der Waals surface area contributed by atoms with Crippen LogP contribution in [-0.2, 0) is 14.9 Å². The summed E-state index contributed by atoms with van der Waals surface area (Å²) in [7, 11) is 1.42. The number of nitrogens with zero attached hydrogens (tertiary/aromatic N) is 1. The number of hydrogen-bond donors (Lipinski definition) is 1. The van der Waals surface area contributed by atoms with Crippen molar-refractivity contribution in [1.82, 2.24) is 9.97 Å². The van der Waals surface area contributed by atoms with Gasteiger partial charge in [0, 0.05) is 0 Å². The van der Waals surface area contributed by atoms with Crippen LogP contribution in [0.15, 0.2) is 36.5 Å². The molecule has 1 aromatic heterocycles. The molecular weight excluding hydrogens is 228 g/mol. The number of aromatic nitrogens is 2. The van der Waals surface area contributed by atoms with Crippen LogP contribution in [0.1, 0.15) is 18.7 Å². The highest BCUT2D eigenvalue weighted by atomic mass is 16.5. The van der Waals surface area contributed by atoms with Gasteiger partial charge in [0.25, 0.3) is 0 Å². The normalized spacial score (nSPS) is 16.3. The molecule has 92 valence electrons. The highest BCUT2D eigenvalue weighted by molar-refractivity contribution is 5.85. The highest BCUT2D eigenvalue weighted by Gasteiger charge is 2.55. The number of imidazole rings is 1. The maximum atomic E-state index is 11.8. The van der Waals surface area contributed by atoms with Crippen LogP contribution >= 0.6 is 0 Å². The van der Waals surface area contributed by atoms with Gasteiger partial charge < -0.3 is 9.72 Å². The summed E-state index contributed by atoms with van der Waals surface area (Å²) in [6, 6.07) is 9.94. The van der Waals surface area contributed by atoms with Crippen molar-refractivity contribution in [2.75, 3.05) is 7.11 Å². The molecule has 0 bridgehead atoms. The first-order chi connectivity index (χ1) is 8.76. The number of benzene rings is 1. The van der Waals surface area contributed by atoms with E-state index < -0.39 is 5.41 Å². The minimum atomic E-state index is -0.526. The van der Waals surface area contributed by atoms with Crippen LogP contribution in [-0.4, -0.2) is 23.0 Å². The van der Waals surface area contributed by atoms with Crippen LogP contribution in [0.2, 0.25) is 0 Å². The van der Waals surface area contributed by atoms with Crippen LogP contribution in [0.5, 0.6) is 0 Å². The van der Waals surface area contributed by atoms with Gasteiger partial charge in [-0.3, -0.25) is 4.79 Å². The van der Waals surface area contributed by atoms with Crippen molar-refractivity contribution in [3.05, 3.63) is 42.4 Å². The minimum absolute atomic E-state index is 0.198. The number of aromatic amines is 1. The Morgan fingerprint density at radius 2 is 2.06 bits per heavy atom. The summed E-state index contributed by atoms with van der Waals surface area (Å²) in [5.74, 6) is 0.518. The first-order valence-electron chi connectivity index (χ1n) is 5.95. The zero-order valence-electron chi connectivity index (χ0n) is 10.1. The van der Waals surface area contributed by atoms with Crippen molar-refractivity contribution >= 4 is 5.97 Å². The second-order valence-corrected chi connectivity index (χ2v) is 4.59. The molecular formula is C14H14N2O2. The first-order valence-corrected chi connectivity index (χ1v) is 5.95. The van der Waals surface area contributed by atoms with Gasteiger partial charge in [-0.15, -0.1) is 0 Å². The van der Waals surface area contributed by atoms with Gasteiger partial charge in [0.15, 0.2) is 0 Å². The molecule has 0 aliphatic heterocycles. The number of carbonyl (C=O) groups excluding carboxylic acids is 1. The number of methoxy groups -OCH3 is 1. The fraction of sp³-hybridized carbons (Fsp3) is 0.286. The summed E-state index contributed by atoms with van der Waals surface area (Å²) < 4.78 is 4.85. The van der Waals surface area contributed by atoms with E-state index in [-0.39, 0.29) is 5.97 Å². The SMILES string of the molecule is COC(=O)C1(c2ncc(-c3ccccc3)[nH]2)CC1. The molecule has 1 aromatic carbocycles. The van der Waals surface area contributed by atoms with Crippen LogP contribution in [0.4, 0.5) is 0 Å². The Kier molecular flexibility index (Phi) is 2.44. The van der Waals surface area contributed by atoms with Crippen LogP contribution in [0, 0.1) is 0 Å². The minimum Gasteiger partial charge on any atom is -0.468 e. The summed E-state index contributed by atoms with van der Waals surface area (Å²) in [6.45, 7) is 0. The number of rotatable bonds is 3. The Morgan fingerprint density at radius 3 is 2.67 bits per heavy atom. The Morgan fingerprint density at radius 1 is 1.33 bits per heavy atom. The predicted octanol–water partition coefficient (Wildman–Crippen LogP) is 2.28. The molecule has 1 N–H and O–H groups in total. The van der Waals surface area contributed by atoms with E-state index in [1.165, 1.54) is 7.11 Å². The van der Waals surface area contributed by atoms with Crippen LogP contribution in [0.3, 0.4) is 0 Å². The summed E-state index contributed by atoms with van der Waals surface area (Å²) in [5, 5.41) is 0. The topological polar surface area (TPSA) is 55.0 Å². The van der Waals surface area contributed by atoms with E-state index in [2.05, 4.69) is 9.97 Å². The number of carbonyl (C=O) groups is 1. The molecule has 0 unspecified atom stereocenters. The third-order valence-electron chi connectivity index (χ3n) is 3.44. The Labute approximate surface area is 105 Å². The lowest BCUT2D eigenvalue weighted by Crippen LogP contribution is -2.23. The maximum Gasteiger partial charge on any atom is 0.319 e. The largest absolute Gasteiger partial charge is 0.468 e. The quantitative estimate of drug-likeness (QED) is 0.840. The molecule has 0 radical (unpaired) electrons. The van der Waals surface area contributed by atoms with Crippen LogP contribution < -0.4 is 0 Å². The van der Waals surface area contributed by atoms with E-state index in [4.69, 9.17) is 4.74 Å². The van der Waals surface area contributed by atoms with Gasteiger partial charge in [-0.25, -0.2) is 4.98 Å². The van der Waals surface area contributed by atoms with E-state index >= 15 is 0 Å². The highest BCUT2D eigenvalue weighted by Crippen LogP contribution is 2.48. The predicted molar refractivity (Wildman–Crippen MR) is 67.0 cm³/mol. The molecule has 1 aliphatic rings. The monoisotopic (exact) mass is 242 g/mol. The van der Waals surface area contributed by atoms with Crippen LogP contribution in [0.25, 0.3) is 11.3 Å². The number of hydrogen-bond acceptors (Lipinski definition) is 3. The molecule has 1 fully saturated rings. The zero-order valence-corrected chi connectivity index (χ0v) is 10.1. The second-order valence-electron chi connectivity index (χ2n) is 4.59. The summed E-state index contributed by atoms with van der Waals surface area (Å²) in [6.07, 6.45) is 3.39. The number of H-pyrrole nitrogens is 1. The molecule has 0 saturated heterocycles. The third-order valence-corrected chi connectivity index (χ3v) is 3.44. The van der Waals surface area contributed by atoms with E-state index in [9.17, 15) is 4.79 Å². The molecule has 1 heterocycles. The molecule has 4 heteroatoms. The average molecular weight is 242 g/mol. The van der Waals surface area contributed by atoms with Crippen molar-refractivity contribution in [3.63, 3.8) is 0 Å². The van der Waals surface area contributed by atoms with Gasteiger partial charge in [0.05, 0.1) is 19.0 Å². The van der Waals surface area contributed by atoms with Gasteiger partial charge in [-0.05, 0) is 18.4 Å². The molecule has 0 amide bonds. The molecule has 1 saturated carbocycles. The van der Waals surface area contributed by atoms with Gasteiger partial charge in [0.1, 0.15) is 11.2 Å². The van der Waals surface area contributed by atoms with E-state index in [1.54, 1.807) is 6.20 Å². The third kappa shape index (κ3) is 1.61. The van der Waals surface area contributed by atoms with Gasteiger partial charge in [-0.1, -0.05) is 30.3 Å². The van der Waals surface area contributed by atoms with Crippen molar-refractivity contribution in [2.24, 2.45) is 0 Å². The fourth-order valence-corrected chi connectivity index (χ4v) is 2.19. The second kappa shape index (κ2) is 3.98. The summed E-state index contributed by atoms with van der Waals surface area (Å²) >= 11 is 0. The fourth-order valence-electron chi connectivity index (χ4n) is 2.19. The maximum absolute atomic E-state index is 11.8.